The third kappa shape index (κ3) is 4.42. The Hall–Kier alpha value is -2.64. The molecular formula is C22H31N5O3. The highest BCUT2D eigenvalue weighted by Gasteiger charge is 2.30. The molecule has 3 heterocycles. The number of nitrogens with one attached hydrogen (secondary N) is 2. The van der Waals surface area contributed by atoms with Gasteiger partial charge in [0.05, 0.1) is 5.39 Å². The number of fused-ring (bicyclic) bond motifs is 1. The predicted molar refractivity (Wildman–Crippen MR) is 115 cm³/mol. The van der Waals surface area contributed by atoms with Crippen molar-refractivity contribution in [3.8, 4) is 0 Å². The molecule has 1 saturated heterocycles. The van der Waals surface area contributed by atoms with E-state index in [9.17, 15) is 9.59 Å². The van der Waals surface area contributed by atoms with E-state index < -0.39 is 5.60 Å². The summed E-state index contributed by atoms with van der Waals surface area (Å²) in [6, 6.07) is 0.0358. The molecule has 2 aliphatic rings. The predicted octanol–water partition coefficient (Wildman–Crippen LogP) is 4.14. The number of ether oxygens (including phenoxy) is 1. The minimum atomic E-state index is -0.517. The summed E-state index contributed by atoms with van der Waals surface area (Å²) >= 11 is 0. The molecule has 1 aliphatic heterocycles. The van der Waals surface area contributed by atoms with Gasteiger partial charge in [-0.25, -0.2) is 14.8 Å². The van der Waals surface area contributed by atoms with Crippen LogP contribution in [-0.4, -0.2) is 56.5 Å². The number of ketones is 1. The highest BCUT2D eigenvalue weighted by Crippen LogP contribution is 2.32. The summed E-state index contributed by atoms with van der Waals surface area (Å²) < 4.78 is 5.53. The quantitative estimate of drug-likeness (QED) is 0.731. The summed E-state index contributed by atoms with van der Waals surface area (Å²) in [4.78, 5) is 39.2. The largest absolute Gasteiger partial charge is 0.444 e. The molecule has 162 valence electrons. The van der Waals surface area contributed by atoms with E-state index in [0.29, 0.717) is 30.1 Å². The van der Waals surface area contributed by atoms with Crippen molar-refractivity contribution in [2.24, 2.45) is 5.92 Å². The van der Waals surface area contributed by atoms with E-state index in [1.54, 1.807) is 11.1 Å². The number of hydrogen-bond donors (Lipinski definition) is 2. The van der Waals surface area contributed by atoms with Crippen molar-refractivity contribution >= 4 is 28.7 Å². The molecule has 2 fully saturated rings. The van der Waals surface area contributed by atoms with Crippen LogP contribution in [0.2, 0.25) is 0 Å². The van der Waals surface area contributed by atoms with Crippen molar-refractivity contribution in [2.75, 3.05) is 18.4 Å². The molecule has 8 heteroatoms. The number of anilines is 1. The van der Waals surface area contributed by atoms with E-state index in [4.69, 9.17) is 4.74 Å². The van der Waals surface area contributed by atoms with Crippen molar-refractivity contribution in [3.63, 3.8) is 0 Å². The molecule has 1 amide bonds. The fourth-order valence-corrected chi connectivity index (χ4v) is 4.46. The molecule has 1 atom stereocenters. The molecule has 0 bridgehead atoms. The van der Waals surface area contributed by atoms with Gasteiger partial charge in [0.1, 0.15) is 23.4 Å². The summed E-state index contributed by atoms with van der Waals surface area (Å²) in [6.07, 6.45) is 8.91. The van der Waals surface area contributed by atoms with Crippen molar-refractivity contribution in [3.05, 3.63) is 18.1 Å². The number of hydrogen-bond acceptors (Lipinski definition) is 6. The van der Waals surface area contributed by atoms with Crippen LogP contribution in [0.4, 0.5) is 10.6 Å². The van der Waals surface area contributed by atoms with E-state index in [1.807, 2.05) is 20.8 Å². The number of H-pyrrole nitrogens is 1. The first kappa shape index (κ1) is 20.6. The topological polar surface area (TPSA) is 100 Å². The highest BCUT2D eigenvalue weighted by atomic mass is 16.6. The first-order valence-corrected chi connectivity index (χ1v) is 10.9. The molecule has 2 aromatic rings. The summed E-state index contributed by atoms with van der Waals surface area (Å²) in [7, 11) is 0. The molecule has 1 aliphatic carbocycles. The Bertz CT molecular complexity index is 926. The number of aromatic nitrogens is 3. The fourth-order valence-electron chi connectivity index (χ4n) is 4.46. The number of piperidine rings is 1. The van der Waals surface area contributed by atoms with Gasteiger partial charge < -0.3 is 19.9 Å². The van der Waals surface area contributed by atoms with E-state index in [-0.39, 0.29) is 23.8 Å². The summed E-state index contributed by atoms with van der Waals surface area (Å²) in [5.74, 6) is 0.920. The number of Topliss-reactive ketones (excluding diaryl/α,β-unsaturated/α-hetero) is 1. The molecular weight excluding hydrogens is 382 g/mol. The molecule has 0 spiro atoms. The van der Waals surface area contributed by atoms with Crippen molar-refractivity contribution in [2.45, 2.75) is 70.9 Å². The molecule has 2 N–H and O–H groups in total. The monoisotopic (exact) mass is 413 g/mol. The number of nitrogens with zero attached hydrogens (tertiary/aromatic N) is 3. The minimum Gasteiger partial charge on any atom is -0.444 e. The lowest BCUT2D eigenvalue weighted by atomic mass is 9.96. The third-order valence-corrected chi connectivity index (χ3v) is 5.88. The number of amides is 1. The van der Waals surface area contributed by atoms with Crippen LogP contribution in [-0.2, 0) is 4.74 Å². The standard InChI is InChI=1S/C22H31N5O3/c1-22(2,3)30-21(29)27-10-6-9-15(12-27)26-20-17-16(11-23-19(17)24-13-25-20)18(28)14-7-4-5-8-14/h11,13-15H,4-10,12H2,1-3H3,(H2,23,24,25,26). The second-order valence-corrected chi connectivity index (χ2v) is 9.40. The third-order valence-electron chi connectivity index (χ3n) is 5.88. The fraction of sp³-hybridized carbons (Fsp3) is 0.636. The van der Waals surface area contributed by atoms with Crippen molar-refractivity contribution < 1.29 is 14.3 Å². The van der Waals surface area contributed by atoms with Gasteiger partial charge in [-0.05, 0) is 46.5 Å². The van der Waals surface area contributed by atoms with Gasteiger partial charge in [-0.1, -0.05) is 12.8 Å². The maximum absolute atomic E-state index is 13.1. The van der Waals surface area contributed by atoms with Gasteiger partial charge in [0, 0.05) is 36.8 Å². The van der Waals surface area contributed by atoms with Crippen LogP contribution in [0.1, 0.15) is 69.7 Å². The molecule has 8 nitrogen and oxygen atoms in total. The molecule has 0 radical (unpaired) electrons. The van der Waals surface area contributed by atoms with Crippen LogP contribution in [0, 0.1) is 5.92 Å². The Balaban J connectivity index is 1.53. The summed E-state index contributed by atoms with van der Waals surface area (Å²) in [5, 5.41) is 4.22. The van der Waals surface area contributed by atoms with Gasteiger partial charge in [0.2, 0.25) is 0 Å². The van der Waals surface area contributed by atoms with E-state index in [1.165, 1.54) is 6.33 Å². The average Bonchev–Trinajstić information content (AvgIpc) is 3.37. The van der Waals surface area contributed by atoms with Gasteiger partial charge >= 0.3 is 6.09 Å². The molecule has 4 rings (SSSR count). The lowest BCUT2D eigenvalue weighted by Gasteiger charge is -2.34. The van der Waals surface area contributed by atoms with Gasteiger partial charge in [-0.2, -0.15) is 0 Å². The smallest absolute Gasteiger partial charge is 0.410 e. The van der Waals surface area contributed by atoms with Gasteiger partial charge in [0.15, 0.2) is 5.78 Å². The average molecular weight is 414 g/mol. The lowest BCUT2D eigenvalue weighted by Crippen LogP contribution is -2.47. The van der Waals surface area contributed by atoms with Gasteiger partial charge in [-0.15, -0.1) is 0 Å². The molecule has 0 aromatic carbocycles. The van der Waals surface area contributed by atoms with E-state index in [2.05, 4.69) is 20.3 Å². The zero-order valence-corrected chi connectivity index (χ0v) is 18.0. The second kappa shape index (κ2) is 8.24. The minimum absolute atomic E-state index is 0.0358. The number of aromatic amines is 1. The maximum atomic E-state index is 13.1. The lowest BCUT2D eigenvalue weighted by molar-refractivity contribution is 0.0206. The van der Waals surface area contributed by atoms with Crippen LogP contribution >= 0.6 is 0 Å². The van der Waals surface area contributed by atoms with Crippen LogP contribution in [0.25, 0.3) is 11.0 Å². The Morgan fingerprint density at radius 3 is 2.67 bits per heavy atom. The van der Waals surface area contributed by atoms with Crippen LogP contribution in [0.3, 0.4) is 0 Å². The SMILES string of the molecule is CC(C)(C)OC(=O)N1CCCC(Nc2ncnc3[nH]cc(C(=O)C4CCCC4)c23)C1. The zero-order valence-electron chi connectivity index (χ0n) is 18.0. The normalized spacial score (nSPS) is 20.5. The van der Waals surface area contributed by atoms with Crippen LogP contribution in [0.15, 0.2) is 12.5 Å². The molecule has 30 heavy (non-hydrogen) atoms. The van der Waals surface area contributed by atoms with Crippen LogP contribution < -0.4 is 5.32 Å². The number of carbonyl (C=O) groups excluding carboxylic acids is 2. The van der Waals surface area contributed by atoms with Gasteiger partial charge in [0.25, 0.3) is 0 Å². The number of carbonyl (C=O) groups is 2. The Morgan fingerprint density at radius 1 is 1.17 bits per heavy atom. The maximum Gasteiger partial charge on any atom is 0.410 e. The number of rotatable bonds is 4. The van der Waals surface area contributed by atoms with Crippen LogP contribution in [0.5, 0.6) is 0 Å². The summed E-state index contributed by atoms with van der Waals surface area (Å²) in [6.45, 7) is 6.84. The Kier molecular flexibility index (Phi) is 5.66. The summed E-state index contributed by atoms with van der Waals surface area (Å²) in [5.41, 5.74) is 0.810. The van der Waals surface area contributed by atoms with Gasteiger partial charge in [-0.3, -0.25) is 4.79 Å². The zero-order chi connectivity index (χ0) is 21.3. The molecule has 2 aromatic heterocycles. The van der Waals surface area contributed by atoms with E-state index in [0.717, 1.165) is 43.9 Å². The first-order valence-electron chi connectivity index (χ1n) is 10.9. The molecule has 1 unspecified atom stereocenters. The van der Waals surface area contributed by atoms with Crippen molar-refractivity contribution in [1.29, 1.82) is 0 Å². The van der Waals surface area contributed by atoms with Crippen molar-refractivity contribution in [1.82, 2.24) is 19.9 Å². The highest BCUT2D eigenvalue weighted by molar-refractivity contribution is 6.11. The van der Waals surface area contributed by atoms with E-state index >= 15 is 0 Å². The number of likely N-dealkylation sites (tertiary alicyclic amines) is 1. The first-order chi connectivity index (χ1) is 14.3. The second-order valence-electron chi connectivity index (χ2n) is 9.40. The Morgan fingerprint density at radius 2 is 1.93 bits per heavy atom. The molecule has 1 saturated carbocycles. The Labute approximate surface area is 176 Å².